The van der Waals surface area contributed by atoms with Crippen molar-refractivity contribution < 1.29 is 0 Å². The van der Waals surface area contributed by atoms with Gasteiger partial charge in [0.05, 0.1) is 0 Å². The lowest BCUT2D eigenvalue weighted by atomic mass is 9.95. The van der Waals surface area contributed by atoms with Crippen LogP contribution in [0.25, 0.3) is 0 Å². The van der Waals surface area contributed by atoms with Gasteiger partial charge in [0, 0.05) is 18.8 Å². The van der Waals surface area contributed by atoms with Crippen molar-refractivity contribution in [2.75, 3.05) is 7.05 Å². The third kappa shape index (κ3) is 3.99. The molecule has 0 saturated heterocycles. The van der Waals surface area contributed by atoms with Gasteiger partial charge in [0.1, 0.15) is 0 Å². The Morgan fingerprint density at radius 3 is 2.07 bits per heavy atom. The van der Waals surface area contributed by atoms with Gasteiger partial charge in [-0.25, -0.2) is 0 Å². The number of likely N-dealkylation sites (N-methyl/N-ethyl adjacent to an activating group) is 1. The molecule has 0 radical (unpaired) electrons. The first-order valence-electron chi connectivity index (χ1n) is 5.46. The second kappa shape index (κ2) is 5.90. The van der Waals surface area contributed by atoms with E-state index in [-0.39, 0.29) is 0 Å². The van der Waals surface area contributed by atoms with Crippen molar-refractivity contribution >= 4 is 0 Å². The molecule has 0 spiro atoms. The first-order chi connectivity index (χ1) is 6.40. The number of hydrogen-bond acceptors (Lipinski definition) is 1. The summed E-state index contributed by atoms with van der Waals surface area (Å²) in [5, 5.41) is 0. The number of nitrogens with zero attached hydrogens (tertiary/aromatic N) is 1. The van der Waals surface area contributed by atoms with E-state index in [0.717, 1.165) is 18.5 Å². The fraction of sp³-hybridized carbons (Fsp3) is 0.692. The van der Waals surface area contributed by atoms with Crippen molar-refractivity contribution in [1.82, 2.24) is 4.90 Å². The van der Waals surface area contributed by atoms with Crippen molar-refractivity contribution in [2.45, 2.75) is 46.6 Å². The number of hydrogen-bond donors (Lipinski definition) is 0. The normalized spacial score (nSPS) is 12.7. The largest absolute Gasteiger partial charge is 0.372 e. The standard InChI is InChI=1S/C13H25N/c1-8-13(14(7)11(4)5)12(6)9-10(2)3/h10,13H,4,6,8-9H2,1-3,5,7H3. The molecule has 1 atom stereocenters. The Hall–Kier alpha value is -0.720. The molecular weight excluding hydrogens is 170 g/mol. The fourth-order valence-electron chi connectivity index (χ4n) is 1.76. The van der Waals surface area contributed by atoms with E-state index in [4.69, 9.17) is 0 Å². The van der Waals surface area contributed by atoms with Crippen LogP contribution >= 0.6 is 0 Å². The molecule has 0 N–H and O–H groups in total. The highest BCUT2D eigenvalue weighted by Crippen LogP contribution is 2.20. The summed E-state index contributed by atoms with van der Waals surface area (Å²) >= 11 is 0. The molecule has 0 aromatic rings. The van der Waals surface area contributed by atoms with Gasteiger partial charge in [0.15, 0.2) is 0 Å². The molecule has 0 aliphatic carbocycles. The Balaban J connectivity index is 4.40. The molecule has 0 rings (SSSR count). The van der Waals surface area contributed by atoms with Gasteiger partial charge in [-0.2, -0.15) is 0 Å². The maximum atomic E-state index is 4.19. The van der Waals surface area contributed by atoms with E-state index in [2.05, 4.69) is 45.9 Å². The van der Waals surface area contributed by atoms with Crippen molar-refractivity contribution in [3.05, 3.63) is 24.4 Å². The molecule has 0 aliphatic rings. The van der Waals surface area contributed by atoms with Crippen LogP contribution in [0.4, 0.5) is 0 Å². The van der Waals surface area contributed by atoms with E-state index in [1.165, 1.54) is 5.57 Å². The third-order valence-corrected chi connectivity index (χ3v) is 2.60. The maximum Gasteiger partial charge on any atom is 0.0490 e. The minimum atomic E-state index is 0.454. The van der Waals surface area contributed by atoms with Crippen LogP contribution in [0, 0.1) is 5.92 Å². The van der Waals surface area contributed by atoms with Gasteiger partial charge in [0.2, 0.25) is 0 Å². The van der Waals surface area contributed by atoms with Gasteiger partial charge < -0.3 is 4.90 Å². The van der Waals surface area contributed by atoms with Crippen LogP contribution in [0.15, 0.2) is 24.4 Å². The summed E-state index contributed by atoms with van der Waals surface area (Å²) in [5.74, 6) is 0.690. The van der Waals surface area contributed by atoms with Crippen LogP contribution in [0.2, 0.25) is 0 Å². The number of allylic oxidation sites excluding steroid dienone is 1. The summed E-state index contributed by atoms with van der Waals surface area (Å²) in [6.07, 6.45) is 2.21. The molecule has 1 heteroatoms. The SMILES string of the molecule is C=C(CC(C)C)C(CC)N(C)C(=C)C. The van der Waals surface area contributed by atoms with Crippen molar-refractivity contribution in [2.24, 2.45) is 5.92 Å². The molecule has 0 amide bonds. The molecule has 1 nitrogen and oxygen atoms in total. The quantitative estimate of drug-likeness (QED) is 0.582. The van der Waals surface area contributed by atoms with E-state index in [0.29, 0.717) is 12.0 Å². The van der Waals surface area contributed by atoms with Crippen LogP contribution in [0.3, 0.4) is 0 Å². The Morgan fingerprint density at radius 1 is 1.29 bits per heavy atom. The van der Waals surface area contributed by atoms with Crippen LogP contribution in [0.5, 0.6) is 0 Å². The molecule has 0 heterocycles. The van der Waals surface area contributed by atoms with Crippen molar-refractivity contribution in [1.29, 1.82) is 0 Å². The smallest absolute Gasteiger partial charge is 0.0490 e. The maximum absolute atomic E-state index is 4.19. The average Bonchev–Trinajstić information content (AvgIpc) is 2.03. The lowest BCUT2D eigenvalue weighted by Gasteiger charge is -2.31. The van der Waals surface area contributed by atoms with Gasteiger partial charge in [-0.3, -0.25) is 0 Å². The highest BCUT2D eigenvalue weighted by Gasteiger charge is 2.16. The van der Waals surface area contributed by atoms with Gasteiger partial charge in [-0.15, -0.1) is 0 Å². The monoisotopic (exact) mass is 195 g/mol. The lowest BCUT2D eigenvalue weighted by Crippen LogP contribution is -2.31. The summed E-state index contributed by atoms with van der Waals surface area (Å²) in [6, 6.07) is 0.454. The minimum absolute atomic E-state index is 0.454. The average molecular weight is 195 g/mol. The van der Waals surface area contributed by atoms with Gasteiger partial charge in [-0.05, 0) is 25.7 Å². The molecule has 0 aliphatic heterocycles. The highest BCUT2D eigenvalue weighted by molar-refractivity contribution is 5.09. The zero-order valence-electron chi connectivity index (χ0n) is 10.4. The van der Waals surface area contributed by atoms with Crippen LogP contribution < -0.4 is 0 Å². The third-order valence-electron chi connectivity index (χ3n) is 2.60. The Labute approximate surface area is 89.5 Å². The Bertz CT molecular complexity index is 203. The first-order valence-corrected chi connectivity index (χ1v) is 5.46. The summed E-state index contributed by atoms with van der Waals surface area (Å²) in [6.45, 7) is 16.9. The highest BCUT2D eigenvalue weighted by atomic mass is 15.1. The molecule has 0 aromatic heterocycles. The molecule has 0 saturated carbocycles. The molecular formula is C13H25N. The van der Waals surface area contributed by atoms with E-state index in [9.17, 15) is 0 Å². The molecule has 0 aromatic carbocycles. The van der Waals surface area contributed by atoms with E-state index >= 15 is 0 Å². The van der Waals surface area contributed by atoms with Crippen molar-refractivity contribution in [3.63, 3.8) is 0 Å². The zero-order valence-corrected chi connectivity index (χ0v) is 10.4. The summed E-state index contributed by atoms with van der Waals surface area (Å²) in [4.78, 5) is 2.23. The molecule has 14 heavy (non-hydrogen) atoms. The van der Waals surface area contributed by atoms with Crippen LogP contribution in [-0.4, -0.2) is 18.0 Å². The lowest BCUT2D eigenvalue weighted by molar-refractivity contribution is 0.323. The van der Waals surface area contributed by atoms with Crippen LogP contribution in [-0.2, 0) is 0 Å². The van der Waals surface area contributed by atoms with E-state index < -0.39 is 0 Å². The number of rotatable bonds is 6. The predicted molar refractivity (Wildman–Crippen MR) is 65.3 cm³/mol. The molecule has 82 valence electrons. The Kier molecular flexibility index (Phi) is 5.59. The second-order valence-corrected chi connectivity index (χ2v) is 4.53. The Morgan fingerprint density at radius 2 is 1.79 bits per heavy atom. The minimum Gasteiger partial charge on any atom is -0.372 e. The fourth-order valence-corrected chi connectivity index (χ4v) is 1.76. The predicted octanol–water partition coefficient (Wildman–Crippen LogP) is 3.83. The second-order valence-electron chi connectivity index (χ2n) is 4.53. The summed E-state index contributed by atoms with van der Waals surface area (Å²) in [5.41, 5.74) is 2.44. The summed E-state index contributed by atoms with van der Waals surface area (Å²) in [7, 11) is 2.10. The topological polar surface area (TPSA) is 3.24 Å². The molecule has 1 unspecified atom stereocenters. The zero-order chi connectivity index (χ0) is 11.3. The van der Waals surface area contributed by atoms with E-state index in [1.54, 1.807) is 0 Å². The van der Waals surface area contributed by atoms with Gasteiger partial charge >= 0.3 is 0 Å². The summed E-state index contributed by atoms with van der Waals surface area (Å²) < 4.78 is 0. The van der Waals surface area contributed by atoms with Crippen molar-refractivity contribution in [3.8, 4) is 0 Å². The van der Waals surface area contributed by atoms with Crippen LogP contribution in [0.1, 0.15) is 40.5 Å². The van der Waals surface area contributed by atoms with E-state index in [1.807, 2.05) is 6.92 Å². The first kappa shape index (κ1) is 13.3. The molecule has 0 bridgehead atoms. The van der Waals surface area contributed by atoms with Gasteiger partial charge in [0.25, 0.3) is 0 Å². The molecule has 0 fully saturated rings. The van der Waals surface area contributed by atoms with Gasteiger partial charge in [-0.1, -0.05) is 39.5 Å².